The first-order valence-electron chi connectivity index (χ1n) is 8.15. The fourth-order valence-electron chi connectivity index (χ4n) is 2.90. The third kappa shape index (κ3) is 3.80. The number of nitrogen functional groups attached to an aromatic ring is 1. The van der Waals surface area contributed by atoms with Gasteiger partial charge in [-0.1, -0.05) is 11.6 Å². The van der Waals surface area contributed by atoms with Crippen molar-refractivity contribution in [1.82, 2.24) is 19.5 Å². The Hall–Kier alpha value is -1.25. The quantitative estimate of drug-likeness (QED) is 0.567. The minimum absolute atomic E-state index is 0.0849. The first kappa shape index (κ1) is 18.5. The van der Waals surface area contributed by atoms with Gasteiger partial charge in [-0.25, -0.2) is 4.98 Å². The monoisotopic (exact) mass is 389 g/mol. The van der Waals surface area contributed by atoms with E-state index in [2.05, 4.69) is 15.0 Å². The van der Waals surface area contributed by atoms with Crippen molar-refractivity contribution in [2.45, 2.75) is 45.2 Å². The van der Waals surface area contributed by atoms with Crippen LogP contribution in [-0.4, -0.2) is 44.7 Å². The van der Waals surface area contributed by atoms with E-state index >= 15 is 0 Å². The largest absolute Gasteiger partial charge is 0.368 e. The molecule has 3 rings (SSSR count). The molecule has 0 radical (unpaired) electrons. The molecule has 0 unspecified atom stereocenters. The van der Waals surface area contributed by atoms with E-state index in [1.165, 1.54) is 0 Å². The van der Waals surface area contributed by atoms with E-state index in [1.807, 2.05) is 0 Å². The van der Waals surface area contributed by atoms with Crippen molar-refractivity contribution < 1.29 is 18.3 Å². The number of rotatable bonds is 7. The standard InChI is InChI=1S/C14H21ClN5O4P/c1-3-22-25(21,23-4-2)10-6-5-9(24-10)7-20-8-17-11-12(15)18-14(16)19-13(11)20/h8-10H,3-7H2,1-2H3,(H2,16,18,19)/t9-,10-/m0/s1. The van der Waals surface area contributed by atoms with Gasteiger partial charge in [-0.05, 0) is 26.7 Å². The second-order valence-electron chi connectivity index (χ2n) is 5.61. The molecule has 2 aromatic heterocycles. The highest BCUT2D eigenvalue weighted by atomic mass is 35.5. The first-order chi connectivity index (χ1) is 12.0. The van der Waals surface area contributed by atoms with Crippen molar-refractivity contribution in [3.8, 4) is 0 Å². The van der Waals surface area contributed by atoms with Gasteiger partial charge in [-0.2, -0.15) is 9.97 Å². The lowest BCUT2D eigenvalue weighted by molar-refractivity contribution is 0.0520. The number of hydrogen-bond donors (Lipinski definition) is 1. The summed E-state index contributed by atoms with van der Waals surface area (Å²) < 4.78 is 31.3. The van der Waals surface area contributed by atoms with E-state index in [-0.39, 0.29) is 17.2 Å². The van der Waals surface area contributed by atoms with Gasteiger partial charge in [-0.3, -0.25) is 4.57 Å². The Balaban J connectivity index is 1.74. The van der Waals surface area contributed by atoms with Crippen LogP contribution in [-0.2, 0) is 24.9 Å². The van der Waals surface area contributed by atoms with Crippen LogP contribution in [0.3, 0.4) is 0 Å². The molecule has 9 nitrogen and oxygen atoms in total. The second kappa shape index (κ2) is 7.55. The normalized spacial score (nSPS) is 21.2. The van der Waals surface area contributed by atoms with Crippen LogP contribution in [0.5, 0.6) is 0 Å². The molecule has 0 amide bonds. The van der Waals surface area contributed by atoms with Crippen molar-refractivity contribution in [1.29, 1.82) is 0 Å². The van der Waals surface area contributed by atoms with E-state index in [9.17, 15) is 4.57 Å². The topological polar surface area (TPSA) is 114 Å². The van der Waals surface area contributed by atoms with Crippen LogP contribution in [0.15, 0.2) is 6.33 Å². The highest BCUT2D eigenvalue weighted by Crippen LogP contribution is 2.57. The molecule has 2 aromatic rings. The SMILES string of the molecule is CCOP(=O)(OCC)[C@H]1CC[C@@H](Cn2cnc3c(Cl)nc(N)nc32)O1. The van der Waals surface area contributed by atoms with E-state index in [0.717, 1.165) is 6.42 Å². The predicted molar refractivity (Wildman–Crippen MR) is 93.5 cm³/mol. The van der Waals surface area contributed by atoms with Crippen LogP contribution in [0.2, 0.25) is 5.15 Å². The van der Waals surface area contributed by atoms with Gasteiger partial charge in [0.2, 0.25) is 5.95 Å². The van der Waals surface area contributed by atoms with Gasteiger partial charge in [0.15, 0.2) is 16.6 Å². The van der Waals surface area contributed by atoms with Crippen LogP contribution in [0, 0.1) is 0 Å². The molecule has 1 aliphatic heterocycles. The maximum absolute atomic E-state index is 12.8. The van der Waals surface area contributed by atoms with Gasteiger partial charge in [0.05, 0.1) is 32.2 Å². The van der Waals surface area contributed by atoms with Crippen LogP contribution >= 0.6 is 19.2 Å². The summed E-state index contributed by atoms with van der Waals surface area (Å²) in [7, 11) is -3.27. The summed E-state index contributed by atoms with van der Waals surface area (Å²) >= 11 is 6.04. The zero-order valence-corrected chi connectivity index (χ0v) is 15.7. The maximum Gasteiger partial charge on any atom is 0.359 e. The Morgan fingerprint density at radius 3 is 2.76 bits per heavy atom. The average Bonchev–Trinajstić information content (AvgIpc) is 3.16. The van der Waals surface area contributed by atoms with Crippen LogP contribution in [0.4, 0.5) is 5.95 Å². The first-order valence-corrected chi connectivity index (χ1v) is 10.1. The molecule has 2 atom stereocenters. The van der Waals surface area contributed by atoms with Crippen molar-refractivity contribution in [2.24, 2.45) is 0 Å². The molecule has 0 spiro atoms. The molecule has 2 N–H and O–H groups in total. The molecular formula is C14H21ClN5O4P. The van der Waals surface area contributed by atoms with Gasteiger partial charge in [0.25, 0.3) is 0 Å². The Morgan fingerprint density at radius 2 is 2.08 bits per heavy atom. The fourth-order valence-corrected chi connectivity index (χ4v) is 5.03. The maximum atomic E-state index is 12.8. The third-order valence-corrected chi connectivity index (χ3v) is 6.48. The minimum Gasteiger partial charge on any atom is -0.368 e. The van der Waals surface area contributed by atoms with E-state index in [4.69, 9.17) is 31.1 Å². The summed E-state index contributed by atoms with van der Waals surface area (Å²) in [6.07, 6.45) is 2.79. The van der Waals surface area contributed by atoms with E-state index in [1.54, 1.807) is 24.7 Å². The zero-order chi connectivity index (χ0) is 18.0. The highest BCUT2D eigenvalue weighted by Gasteiger charge is 2.42. The Labute approximate surface area is 150 Å². The summed E-state index contributed by atoms with van der Waals surface area (Å²) in [4.78, 5) is 12.3. The molecule has 1 aliphatic rings. The van der Waals surface area contributed by atoms with Gasteiger partial charge >= 0.3 is 7.60 Å². The van der Waals surface area contributed by atoms with Crippen molar-refractivity contribution in [3.05, 3.63) is 11.5 Å². The summed E-state index contributed by atoms with van der Waals surface area (Å²) in [5, 5.41) is 0.212. The Morgan fingerprint density at radius 1 is 1.36 bits per heavy atom. The second-order valence-corrected chi connectivity index (χ2v) is 8.14. The number of imidazole rings is 1. The number of nitrogens with two attached hydrogens (primary N) is 1. The molecule has 0 bridgehead atoms. The number of aromatic nitrogens is 4. The molecule has 138 valence electrons. The van der Waals surface area contributed by atoms with E-state index < -0.39 is 13.4 Å². The molecular weight excluding hydrogens is 369 g/mol. The zero-order valence-electron chi connectivity index (χ0n) is 14.1. The Kier molecular flexibility index (Phi) is 5.60. The van der Waals surface area contributed by atoms with Gasteiger partial charge in [0, 0.05) is 0 Å². The number of nitrogens with zero attached hydrogens (tertiary/aromatic N) is 4. The molecule has 0 aromatic carbocycles. The molecule has 0 saturated carbocycles. The lowest BCUT2D eigenvalue weighted by Crippen LogP contribution is -2.19. The number of anilines is 1. The van der Waals surface area contributed by atoms with E-state index in [0.29, 0.717) is 37.3 Å². The molecule has 25 heavy (non-hydrogen) atoms. The summed E-state index contributed by atoms with van der Waals surface area (Å²) in [5.41, 5.74) is 6.69. The number of fused-ring (bicyclic) bond motifs is 1. The Bertz CT molecular complexity index is 791. The average molecular weight is 390 g/mol. The lowest BCUT2D eigenvalue weighted by Gasteiger charge is -2.23. The van der Waals surface area contributed by atoms with Crippen molar-refractivity contribution >= 4 is 36.3 Å². The van der Waals surface area contributed by atoms with Crippen LogP contribution in [0.25, 0.3) is 11.2 Å². The highest BCUT2D eigenvalue weighted by molar-refractivity contribution is 7.54. The van der Waals surface area contributed by atoms with Crippen molar-refractivity contribution in [3.63, 3.8) is 0 Å². The molecule has 11 heteroatoms. The number of ether oxygens (including phenoxy) is 1. The van der Waals surface area contributed by atoms with Crippen molar-refractivity contribution in [2.75, 3.05) is 18.9 Å². The summed E-state index contributed by atoms with van der Waals surface area (Å²) in [6.45, 7) is 4.66. The smallest absolute Gasteiger partial charge is 0.359 e. The number of halogens is 1. The molecule has 1 fully saturated rings. The van der Waals surface area contributed by atoms with Gasteiger partial charge in [-0.15, -0.1) is 0 Å². The van der Waals surface area contributed by atoms with Gasteiger partial charge in [0.1, 0.15) is 5.52 Å². The fraction of sp³-hybridized carbons (Fsp3) is 0.643. The summed E-state index contributed by atoms with van der Waals surface area (Å²) in [5.74, 6) is -0.475. The third-order valence-electron chi connectivity index (χ3n) is 3.89. The summed E-state index contributed by atoms with van der Waals surface area (Å²) in [6, 6.07) is 0. The van der Waals surface area contributed by atoms with Gasteiger partial charge < -0.3 is 24.1 Å². The lowest BCUT2D eigenvalue weighted by atomic mass is 10.2. The molecule has 1 saturated heterocycles. The molecule has 3 heterocycles. The van der Waals surface area contributed by atoms with Crippen LogP contribution < -0.4 is 5.73 Å². The molecule has 0 aliphatic carbocycles. The predicted octanol–water partition coefficient (Wildman–Crippen LogP) is 2.83. The number of hydrogen-bond acceptors (Lipinski definition) is 8. The minimum atomic E-state index is -3.27. The van der Waals surface area contributed by atoms with Crippen LogP contribution in [0.1, 0.15) is 26.7 Å².